The second-order valence-corrected chi connectivity index (χ2v) is 4.71. The Morgan fingerprint density at radius 1 is 1.55 bits per heavy atom. The molecule has 1 unspecified atom stereocenters. The maximum absolute atomic E-state index is 13.4. The zero-order valence-electron chi connectivity index (χ0n) is 11.4. The van der Waals surface area contributed by atoms with Gasteiger partial charge in [-0.15, -0.1) is 0 Å². The Morgan fingerprint density at radius 2 is 2.20 bits per heavy atom. The SMILES string of the molecule is Cc1cc(NC(C)CCCC(=O)O)c([N+](=O)[O-])cc1F. The number of hydrogen-bond donors (Lipinski definition) is 2. The normalized spacial score (nSPS) is 11.9. The molecule has 0 fully saturated rings. The third-order valence-corrected chi connectivity index (χ3v) is 2.90. The number of anilines is 1. The van der Waals surface area contributed by atoms with Crippen molar-refractivity contribution in [2.45, 2.75) is 39.2 Å². The van der Waals surface area contributed by atoms with Crippen molar-refractivity contribution < 1.29 is 19.2 Å². The van der Waals surface area contributed by atoms with Crippen LogP contribution in [0, 0.1) is 22.9 Å². The van der Waals surface area contributed by atoms with E-state index in [2.05, 4.69) is 5.32 Å². The minimum Gasteiger partial charge on any atom is -0.481 e. The average Bonchev–Trinajstić information content (AvgIpc) is 2.32. The fraction of sp³-hybridized carbons (Fsp3) is 0.462. The number of aliphatic carboxylic acids is 1. The molecular formula is C13H17FN2O4. The number of nitro groups is 1. The predicted octanol–water partition coefficient (Wildman–Crippen LogP) is 3.10. The van der Waals surface area contributed by atoms with Gasteiger partial charge >= 0.3 is 5.97 Å². The van der Waals surface area contributed by atoms with Crippen LogP contribution in [0.3, 0.4) is 0 Å². The van der Waals surface area contributed by atoms with E-state index < -0.39 is 16.7 Å². The van der Waals surface area contributed by atoms with E-state index >= 15 is 0 Å². The van der Waals surface area contributed by atoms with E-state index in [1.165, 1.54) is 13.0 Å². The quantitative estimate of drug-likeness (QED) is 0.593. The summed E-state index contributed by atoms with van der Waals surface area (Å²) in [6.07, 6.45) is 1.08. The third kappa shape index (κ3) is 4.49. The average molecular weight is 284 g/mol. The van der Waals surface area contributed by atoms with Gasteiger partial charge in [-0.3, -0.25) is 14.9 Å². The molecule has 0 aliphatic carbocycles. The van der Waals surface area contributed by atoms with Crippen molar-refractivity contribution in [3.05, 3.63) is 33.6 Å². The highest BCUT2D eigenvalue weighted by Gasteiger charge is 2.18. The Hall–Kier alpha value is -2.18. The lowest BCUT2D eigenvalue weighted by molar-refractivity contribution is -0.384. The second kappa shape index (κ2) is 6.83. The molecule has 0 aliphatic rings. The number of carboxylic acids is 1. The van der Waals surface area contributed by atoms with Crippen molar-refractivity contribution in [2.24, 2.45) is 0 Å². The molecule has 110 valence electrons. The first-order valence-electron chi connectivity index (χ1n) is 6.24. The number of carboxylic acid groups (broad SMARTS) is 1. The zero-order chi connectivity index (χ0) is 15.3. The van der Waals surface area contributed by atoms with Crippen LogP contribution in [-0.2, 0) is 4.79 Å². The van der Waals surface area contributed by atoms with E-state index in [0.29, 0.717) is 18.4 Å². The molecule has 0 radical (unpaired) electrons. The summed E-state index contributed by atoms with van der Waals surface area (Å²) in [4.78, 5) is 20.7. The maximum atomic E-state index is 13.4. The molecule has 0 heterocycles. The number of nitrogens with one attached hydrogen (secondary N) is 1. The Balaban J connectivity index is 2.78. The number of halogens is 1. The summed E-state index contributed by atoms with van der Waals surface area (Å²) < 4.78 is 13.4. The molecule has 0 spiro atoms. The molecule has 0 aliphatic heterocycles. The lowest BCUT2D eigenvalue weighted by Crippen LogP contribution is -2.16. The number of hydrogen-bond acceptors (Lipinski definition) is 4. The van der Waals surface area contributed by atoms with Gasteiger partial charge in [0.05, 0.1) is 11.0 Å². The van der Waals surface area contributed by atoms with E-state index in [-0.39, 0.29) is 23.8 Å². The van der Waals surface area contributed by atoms with Gasteiger partial charge in [0, 0.05) is 12.5 Å². The van der Waals surface area contributed by atoms with Crippen molar-refractivity contribution >= 4 is 17.3 Å². The summed E-state index contributed by atoms with van der Waals surface area (Å²) in [6.45, 7) is 3.32. The third-order valence-electron chi connectivity index (χ3n) is 2.90. The number of nitrogens with zero attached hydrogens (tertiary/aromatic N) is 1. The zero-order valence-corrected chi connectivity index (χ0v) is 11.4. The van der Waals surface area contributed by atoms with Gasteiger partial charge < -0.3 is 10.4 Å². The van der Waals surface area contributed by atoms with Crippen LogP contribution >= 0.6 is 0 Å². The highest BCUT2D eigenvalue weighted by molar-refractivity contribution is 5.66. The van der Waals surface area contributed by atoms with E-state index in [4.69, 9.17) is 5.11 Å². The van der Waals surface area contributed by atoms with Crippen LogP contribution in [0.15, 0.2) is 12.1 Å². The number of aryl methyl sites for hydroxylation is 1. The first kappa shape index (κ1) is 15.9. The predicted molar refractivity (Wildman–Crippen MR) is 72.4 cm³/mol. The van der Waals surface area contributed by atoms with Crippen molar-refractivity contribution in [3.63, 3.8) is 0 Å². The largest absolute Gasteiger partial charge is 0.481 e. The van der Waals surface area contributed by atoms with Gasteiger partial charge in [0.1, 0.15) is 11.5 Å². The highest BCUT2D eigenvalue weighted by atomic mass is 19.1. The first-order chi connectivity index (χ1) is 9.31. The lowest BCUT2D eigenvalue weighted by Gasteiger charge is -2.15. The van der Waals surface area contributed by atoms with Crippen molar-refractivity contribution in [2.75, 3.05) is 5.32 Å². The minimum absolute atomic E-state index is 0.0521. The fourth-order valence-electron chi connectivity index (χ4n) is 1.83. The Bertz CT molecular complexity index is 519. The fourth-order valence-corrected chi connectivity index (χ4v) is 1.83. The lowest BCUT2D eigenvalue weighted by atomic mass is 10.1. The summed E-state index contributed by atoms with van der Waals surface area (Å²) in [7, 11) is 0. The molecule has 1 aromatic rings. The van der Waals surface area contributed by atoms with Crippen LogP contribution in [0.25, 0.3) is 0 Å². The van der Waals surface area contributed by atoms with Gasteiger partial charge in [-0.2, -0.15) is 0 Å². The van der Waals surface area contributed by atoms with Gasteiger partial charge in [0.15, 0.2) is 0 Å². The number of carbonyl (C=O) groups is 1. The number of nitro benzene ring substituents is 1. The molecular weight excluding hydrogens is 267 g/mol. The first-order valence-corrected chi connectivity index (χ1v) is 6.24. The molecule has 0 saturated heterocycles. The van der Waals surface area contributed by atoms with Gasteiger partial charge in [0.2, 0.25) is 0 Å². The number of rotatable bonds is 7. The molecule has 6 nitrogen and oxygen atoms in total. The van der Waals surface area contributed by atoms with E-state index in [1.807, 2.05) is 0 Å². The molecule has 7 heteroatoms. The summed E-state index contributed by atoms with van der Waals surface area (Å²) in [6, 6.07) is 2.14. The molecule has 0 saturated carbocycles. The van der Waals surface area contributed by atoms with Gasteiger partial charge in [-0.05, 0) is 38.3 Å². The van der Waals surface area contributed by atoms with Crippen LogP contribution in [0.2, 0.25) is 0 Å². The van der Waals surface area contributed by atoms with Crippen molar-refractivity contribution in [1.29, 1.82) is 0 Å². The van der Waals surface area contributed by atoms with Crippen LogP contribution < -0.4 is 5.32 Å². The highest BCUT2D eigenvalue weighted by Crippen LogP contribution is 2.28. The van der Waals surface area contributed by atoms with Crippen molar-refractivity contribution in [1.82, 2.24) is 0 Å². The summed E-state index contributed by atoms with van der Waals surface area (Å²) in [5.74, 6) is -1.50. The van der Waals surface area contributed by atoms with Crippen LogP contribution in [0.5, 0.6) is 0 Å². The summed E-state index contributed by atoms with van der Waals surface area (Å²) in [5, 5.41) is 22.4. The monoisotopic (exact) mass is 284 g/mol. The molecule has 0 aromatic heterocycles. The Labute approximate surface area is 115 Å². The van der Waals surface area contributed by atoms with E-state index in [9.17, 15) is 19.3 Å². The van der Waals surface area contributed by atoms with Gasteiger partial charge in [-0.1, -0.05) is 0 Å². The van der Waals surface area contributed by atoms with Crippen molar-refractivity contribution in [3.8, 4) is 0 Å². The van der Waals surface area contributed by atoms with Crippen LogP contribution in [-0.4, -0.2) is 22.0 Å². The molecule has 20 heavy (non-hydrogen) atoms. The molecule has 0 amide bonds. The summed E-state index contributed by atoms with van der Waals surface area (Å²) in [5.41, 5.74) is 0.241. The standard InChI is InChI=1S/C13H17FN2O4/c1-8-6-11(12(16(19)20)7-10(8)14)15-9(2)4-3-5-13(17)18/h6-7,9,15H,3-5H2,1-2H3,(H,17,18). The molecule has 2 N–H and O–H groups in total. The molecule has 1 aromatic carbocycles. The maximum Gasteiger partial charge on any atom is 0.303 e. The topological polar surface area (TPSA) is 92.5 Å². The van der Waals surface area contributed by atoms with E-state index in [0.717, 1.165) is 6.07 Å². The second-order valence-electron chi connectivity index (χ2n) is 4.71. The van der Waals surface area contributed by atoms with Gasteiger partial charge in [0.25, 0.3) is 5.69 Å². The molecule has 0 bridgehead atoms. The smallest absolute Gasteiger partial charge is 0.303 e. The molecule has 1 atom stereocenters. The Morgan fingerprint density at radius 3 is 2.75 bits per heavy atom. The van der Waals surface area contributed by atoms with E-state index in [1.54, 1.807) is 6.92 Å². The van der Waals surface area contributed by atoms with Gasteiger partial charge in [-0.25, -0.2) is 4.39 Å². The minimum atomic E-state index is -0.874. The number of benzene rings is 1. The van der Waals surface area contributed by atoms with Crippen LogP contribution in [0.1, 0.15) is 31.7 Å². The Kier molecular flexibility index (Phi) is 5.42. The summed E-state index contributed by atoms with van der Waals surface area (Å²) >= 11 is 0. The molecule has 1 rings (SSSR count). The van der Waals surface area contributed by atoms with Crippen LogP contribution in [0.4, 0.5) is 15.8 Å².